The molecule has 1 rings (SSSR count). The molecule has 0 bridgehead atoms. The number of amides is 1. The average molecular weight is 147 g/mol. The second-order valence-electron chi connectivity index (χ2n) is 1.40. The zero-order valence-electron chi connectivity index (χ0n) is 5.94. The normalized spacial score (nSPS) is 17.3. The lowest BCUT2D eigenvalue weighted by Crippen LogP contribution is -2.31. The Morgan fingerprint density at radius 3 is 2.44 bits per heavy atom. The monoisotopic (exact) mass is 147 g/mol. The van der Waals surface area contributed by atoms with Crippen molar-refractivity contribution in [2.75, 3.05) is 18.1 Å². The van der Waals surface area contributed by atoms with Gasteiger partial charge in [0.1, 0.15) is 0 Å². The van der Waals surface area contributed by atoms with Crippen molar-refractivity contribution in [2.24, 2.45) is 0 Å². The summed E-state index contributed by atoms with van der Waals surface area (Å²) in [6.07, 6.45) is 0. The SMILES string of the molecule is CC.O=C1CSCCN1. The first-order chi connectivity index (χ1) is 4.39. The van der Waals surface area contributed by atoms with Gasteiger partial charge < -0.3 is 5.32 Å². The van der Waals surface area contributed by atoms with Gasteiger partial charge in [0.05, 0.1) is 5.75 Å². The molecule has 0 saturated carbocycles. The molecule has 0 aromatic heterocycles. The average Bonchev–Trinajstić information content (AvgIpc) is 1.94. The van der Waals surface area contributed by atoms with Crippen LogP contribution in [0.5, 0.6) is 0 Å². The van der Waals surface area contributed by atoms with E-state index >= 15 is 0 Å². The van der Waals surface area contributed by atoms with Crippen molar-refractivity contribution in [1.82, 2.24) is 5.32 Å². The van der Waals surface area contributed by atoms with Gasteiger partial charge in [-0.2, -0.15) is 11.8 Å². The molecule has 9 heavy (non-hydrogen) atoms. The number of hydrogen-bond acceptors (Lipinski definition) is 2. The van der Waals surface area contributed by atoms with Crippen LogP contribution in [0.15, 0.2) is 0 Å². The van der Waals surface area contributed by atoms with Crippen LogP contribution in [0.2, 0.25) is 0 Å². The van der Waals surface area contributed by atoms with Gasteiger partial charge in [0.2, 0.25) is 5.91 Å². The Morgan fingerprint density at radius 2 is 2.22 bits per heavy atom. The van der Waals surface area contributed by atoms with E-state index < -0.39 is 0 Å². The van der Waals surface area contributed by atoms with Crippen molar-refractivity contribution in [3.63, 3.8) is 0 Å². The van der Waals surface area contributed by atoms with E-state index in [1.807, 2.05) is 13.8 Å². The Kier molecular flexibility index (Phi) is 5.83. The number of carbonyl (C=O) groups is 1. The molecule has 1 aliphatic heterocycles. The van der Waals surface area contributed by atoms with Gasteiger partial charge in [0.15, 0.2) is 0 Å². The molecule has 54 valence electrons. The van der Waals surface area contributed by atoms with E-state index in [9.17, 15) is 4.79 Å². The summed E-state index contributed by atoms with van der Waals surface area (Å²) in [5.74, 6) is 1.91. The highest BCUT2D eigenvalue weighted by molar-refractivity contribution is 8.00. The Hall–Kier alpha value is -0.180. The Balaban J connectivity index is 0.000000291. The molecular formula is C6H13NOS. The molecule has 1 saturated heterocycles. The van der Waals surface area contributed by atoms with Crippen molar-refractivity contribution in [1.29, 1.82) is 0 Å². The van der Waals surface area contributed by atoms with Crippen LogP contribution in [0.1, 0.15) is 13.8 Å². The summed E-state index contributed by atoms with van der Waals surface area (Å²) in [5, 5.41) is 2.72. The Morgan fingerprint density at radius 1 is 1.56 bits per heavy atom. The van der Waals surface area contributed by atoms with E-state index in [1.165, 1.54) is 0 Å². The molecule has 0 spiro atoms. The van der Waals surface area contributed by atoms with Crippen LogP contribution in [0.4, 0.5) is 0 Å². The van der Waals surface area contributed by atoms with Gasteiger partial charge in [-0.05, 0) is 0 Å². The standard InChI is InChI=1S/C4H7NOS.C2H6/c6-4-3-7-2-1-5-4;1-2/h1-3H2,(H,5,6);1-2H3. The molecule has 1 aliphatic rings. The first-order valence-electron chi connectivity index (χ1n) is 3.24. The molecule has 0 atom stereocenters. The minimum atomic E-state index is 0.177. The number of hydrogen-bond donors (Lipinski definition) is 1. The fourth-order valence-corrected chi connectivity index (χ4v) is 1.16. The third kappa shape index (κ3) is 4.33. The topological polar surface area (TPSA) is 29.1 Å². The smallest absolute Gasteiger partial charge is 0.230 e. The van der Waals surface area contributed by atoms with Crippen LogP contribution in [0, 0.1) is 0 Å². The maximum absolute atomic E-state index is 10.3. The number of thioether (sulfide) groups is 1. The van der Waals surface area contributed by atoms with Gasteiger partial charge in [-0.25, -0.2) is 0 Å². The quantitative estimate of drug-likeness (QED) is 0.551. The molecular weight excluding hydrogens is 134 g/mol. The number of nitrogens with one attached hydrogen (secondary N) is 1. The highest BCUT2D eigenvalue weighted by Crippen LogP contribution is 2.00. The molecule has 0 aliphatic carbocycles. The Bertz CT molecular complexity index is 77.1. The largest absolute Gasteiger partial charge is 0.355 e. The van der Waals surface area contributed by atoms with E-state index in [0.29, 0.717) is 5.75 Å². The molecule has 2 nitrogen and oxygen atoms in total. The fourth-order valence-electron chi connectivity index (χ4n) is 0.479. The molecule has 1 heterocycles. The summed E-state index contributed by atoms with van der Waals surface area (Å²) >= 11 is 1.69. The first-order valence-corrected chi connectivity index (χ1v) is 4.39. The van der Waals surface area contributed by atoms with E-state index in [-0.39, 0.29) is 5.91 Å². The van der Waals surface area contributed by atoms with E-state index in [1.54, 1.807) is 11.8 Å². The molecule has 1 amide bonds. The molecule has 1 N–H and O–H groups in total. The summed E-state index contributed by atoms with van der Waals surface area (Å²) < 4.78 is 0. The minimum Gasteiger partial charge on any atom is -0.355 e. The number of rotatable bonds is 0. The molecule has 0 radical (unpaired) electrons. The lowest BCUT2D eigenvalue weighted by Gasteiger charge is -2.08. The summed E-state index contributed by atoms with van der Waals surface area (Å²) in [4.78, 5) is 10.3. The summed E-state index contributed by atoms with van der Waals surface area (Å²) in [6, 6.07) is 0. The lowest BCUT2D eigenvalue weighted by molar-refractivity contribution is -0.118. The fraction of sp³-hybridized carbons (Fsp3) is 0.833. The van der Waals surface area contributed by atoms with Crippen molar-refractivity contribution < 1.29 is 4.79 Å². The van der Waals surface area contributed by atoms with Crippen LogP contribution in [0.3, 0.4) is 0 Å². The maximum Gasteiger partial charge on any atom is 0.230 e. The van der Waals surface area contributed by atoms with Crippen molar-refractivity contribution in [2.45, 2.75) is 13.8 Å². The minimum absolute atomic E-state index is 0.177. The van der Waals surface area contributed by atoms with Crippen molar-refractivity contribution in [3.8, 4) is 0 Å². The van der Waals surface area contributed by atoms with Gasteiger partial charge in [0.25, 0.3) is 0 Å². The van der Waals surface area contributed by atoms with E-state index in [2.05, 4.69) is 5.32 Å². The number of carbonyl (C=O) groups excluding carboxylic acids is 1. The molecule has 1 fully saturated rings. The highest BCUT2D eigenvalue weighted by Gasteiger charge is 2.04. The van der Waals surface area contributed by atoms with Crippen LogP contribution in [0.25, 0.3) is 0 Å². The van der Waals surface area contributed by atoms with Gasteiger partial charge in [-0.15, -0.1) is 0 Å². The Labute approximate surface area is 60.4 Å². The second kappa shape index (κ2) is 5.95. The van der Waals surface area contributed by atoms with Crippen LogP contribution in [-0.2, 0) is 4.79 Å². The molecule has 3 heteroatoms. The third-order valence-electron chi connectivity index (χ3n) is 0.802. The predicted molar refractivity (Wildman–Crippen MR) is 41.7 cm³/mol. The maximum atomic E-state index is 10.3. The van der Waals surface area contributed by atoms with E-state index in [4.69, 9.17) is 0 Å². The van der Waals surface area contributed by atoms with Crippen molar-refractivity contribution in [3.05, 3.63) is 0 Å². The van der Waals surface area contributed by atoms with Gasteiger partial charge in [-0.1, -0.05) is 13.8 Å². The molecule has 0 aromatic carbocycles. The van der Waals surface area contributed by atoms with Crippen LogP contribution >= 0.6 is 11.8 Å². The van der Waals surface area contributed by atoms with Gasteiger partial charge in [0, 0.05) is 12.3 Å². The zero-order chi connectivity index (χ0) is 7.11. The van der Waals surface area contributed by atoms with Crippen LogP contribution < -0.4 is 5.32 Å². The summed E-state index contributed by atoms with van der Waals surface area (Å²) in [7, 11) is 0. The first kappa shape index (κ1) is 8.82. The highest BCUT2D eigenvalue weighted by atomic mass is 32.2. The molecule has 0 aromatic rings. The summed E-state index contributed by atoms with van der Waals surface area (Å²) in [6.45, 7) is 4.85. The van der Waals surface area contributed by atoms with Gasteiger partial charge >= 0.3 is 0 Å². The third-order valence-corrected chi connectivity index (χ3v) is 1.76. The molecule has 0 unspecified atom stereocenters. The predicted octanol–water partition coefficient (Wildman–Crippen LogP) is 0.876. The summed E-state index contributed by atoms with van der Waals surface area (Å²) in [5.41, 5.74) is 0. The van der Waals surface area contributed by atoms with Crippen molar-refractivity contribution >= 4 is 17.7 Å². The zero-order valence-corrected chi connectivity index (χ0v) is 6.75. The van der Waals surface area contributed by atoms with Gasteiger partial charge in [-0.3, -0.25) is 4.79 Å². The van der Waals surface area contributed by atoms with E-state index in [0.717, 1.165) is 12.3 Å². The van der Waals surface area contributed by atoms with Crippen LogP contribution in [-0.4, -0.2) is 24.0 Å². The second-order valence-corrected chi connectivity index (χ2v) is 2.51. The lowest BCUT2D eigenvalue weighted by atomic mass is 10.6.